The molecule has 0 fully saturated rings. The van der Waals surface area contributed by atoms with Crippen LogP contribution < -0.4 is 34.7 Å². The smallest absolute Gasteiger partial charge is 0.565 e. The van der Waals surface area contributed by atoms with Crippen LogP contribution in [0.25, 0.3) is 0 Å². The van der Waals surface area contributed by atoms with Crippen molar-refractivity contribution in [3.63, 3.8) is 0 Å². The van der Waals surface area contributed by atoms with E-state index in [1.807, 2.05) is 0 Å². The second kappa shape index (κ2) is 9.47. The zero-order chi connectivity index (χ0) is 3.58. The summed E-state index contributed by atoms with van der Waals surface area (Å²) in [5.74, 6) is 0. The van der Waals surface area contributed by atoms with Gasteiger partial charge in [0, 0.05) is 26.2 Å². The van der Waals surface area contributed by atoms with E-state index in [1.54, 1.807) is 0 Å². The van der Waals surface area contributed by atoms with Crippen molar-refractivity contribution in [2.75, 3.05) is 0 Å². The first-order valence-corrected chi connectivity index (χ1v) is 0.632. The molecule has 1 N–H and O–H groups in total. The topological polar surface area (TPSA) is 60.4 Å². The molecule has 0 aliphatic carbocycles. The van der Waals surface area contributed by atoms with Gasteiger partial charge in [0.2, 0.25) is 6.16 Å². The van der Waals surface area contributed by atoms with Crippen LogP contribution >= 0.6 is 0 Å². The van der Waals surface area contributed by atoms with E-state index in [-0.39, 0.29) is 55.8 Å². The summed E-state index contributed by atoms with van der Waals surface area (Å²) >= 11 is 0. The molecular formula is CHNaO3Zr. The van der Waals surface area contributed by atoms with Crippen LogP contribution in [0.3, 0.4) is 0 Å². The van der Waals surface area contributed by atoms with Crippen molar-refractivity contribution in [2.45, 2.75) is 0 Å². The first kappa shape index (κ1) is 15.7. The van der Waals surface area contributed by atoms with E-state index in [0.29, 0.717) is 0 Å². The number of rotatable bonds is 0. The molecule has 5 heteroatoms. The minimum absolute atomic E-state index is 0. The molecular weight excluding hydrogens is 174 g/mol. The molecule has 0 radical (unpaired) electrons. The van der Waals surface area contributed by atoms with Gasteiger partial charge in [0.15, 0.2) is 0 Å². The number of hydrogen-bond acceptors (Lipinski definition) is 2. The maximum atomic E-state index is 8.44. The molecule has 28 valence electrons. The Kier molecular flexibility index (Phi) is 24.8. The fourth-order valence-electron chi connectivity index (χ4n) is 0. The first-order chi connectivity index (χ1) is 1.73. The zero-order valence-electron chi connectivity index (χ0n) is 3.26. The molecule has 3 nitrogen and oxygen atoms in total. The van der Waals surface area contributed by atoms with Crippen molar-refractivity contribution in [1.82, 2.24) is 0 Å². The Morgan fingerprint density at radius 3 is 1.67 bits per heavy atom. The van der Waals surface area contributed by atoms with Gasteiger partial charge >= 0.3 is 29.6 Å². The average molecular weight is 175 g/mol. The van der Waals surface area contributed by atoms with E-state index in [4.69, 9.17) is 15.0 Å². The molecule has 0 saturated carbocycles. The molecule has 0 unspecified atom stereocenters. The summed E-state index contributed by atoms with van der Waals surface area (Å²) in [4.78, 5) is 8.44. The van der Waals surface area contributed by atoms with Crippen LogP contribution in [0.1, 0.15) is 0 Å². The molecule has 0 saturated heterocycles. The van der Waals surface area contributed by atoms with E-state index in [2.05, 4.69) is 0 Å². The van der Waals surface area contributed by atoms with Gasteiger partial charge in [-0.3, -0.25) is 0 Å². The first-order valence-electron chi connectivity index (χ1n) is 0.632. The maximum Gasteiger partial charge on any atom is 1.00 e. The Balaban J connectivity index is -0.0000000450. The Labute approximate surface area is 76.2 Å². The van der Waals surface area contributed by atoms with Gasteiger partial charge in [0.05, 0.1) is 0 Å². The van der Waals surface area contributed by atoms with E-state index < -0.39 is 6.16 Å². The molecule has 0 heterocycles. The molecule has 0 aliphatic heterocycles. The molecule has 0 spiro atoms. The molecule has 6 heavy (non-hydrogen) atoms. The number of hydrogen-bond donors (Lipinski definition) is 1. The van der Waals surface area contributed by atoms with E-state index >= 15 is 0 Å². The Morgan fingerprint density at radius 1 is 1.67 bits per heavy atom. The van der Waals surface area contributed by atoms with Gasteiger partial charge in [-0.1, -0.05) is 0 Å². The SMILES string of the molecule is O=C([O-])O.[Na+].[Zr]. The van der Waals surface area contributed by atoms with Gasteiger partial charge < -0.3 is 15.0 Å². The van der Waals surface area contributed by atoms with Crippen LogP contribution in [0.2, 0.25) is 0 Å². The molecule has 0 aromatic heterocycles. The normalized spacial score (nSPS) is 4.00. The van der Waals surface area contributed by atoms with Crippen molar-refractivity contribution >= 4 is 6.16 Å². The fraction of sp³-hybridized carbons (Fsp3) is 0. The summed E-state index contributed by atoms with van der Waals surface area (Å²) in [6.07, 6.45) is -2.08. The van der Waals surface area contributed by atoms with Gasteiger partial charge in [-0.25, -0.2) is 0 Å². The van der Waals surface area contributed by atoms with Gasteiger partial charge in [0.25, 0.3) is 0 Å². The summed E-state index contributed by atoms with van der Waals surface area (Å²) in [7, 11) is 0. The van der Waals surface area contributed by atoms with Crippen LogP contribution in [0, 0.1) is 0 Å². The number of carboxylic acid groups (broad SMARTS) is 2. The molecule has 0 bridgehead atoms. The van der Waals surface area contributed by atoms with Crippen LogP contribution in [0.4, 0.5) is 4.79 Å². The van der Waals surface area contributed by atoms with Gasteiger partial charge in [0.1, 0.15) is 0 Å². The third-order valence-electron chi connectivity index (χ3n) is 0. The monoisotopic (exact) mass is 174 g/mol. The van der Waals surface area contributed by atoms with E-state index in [1.165, 1.54) is 0 Å². The second-order valence-electron chi connectivity index (χ2n) is 0.266. The van der Waals surface area contributed by atoms with Gasteiger partial charge in [-0.05, 0) is 0 Å². The molecule has 0 atom stereocenters. The summed E-state index contributed by atoms with van der Waals surface area (Å²) in [5, 5.41) is 15.3. The van der Waals surface area contributed by atoms with Crippen molar-refractivity contribution in [3.05, 3.63) is 0 Å². The minimum atomic E-state index is -2.08. The van der Waals surface area contributed by atoms with Crippen molar-refractivity contribution in [1.29, 1.82) is 0 Å². The Morgan fingerprint density at radius 2 is 1.67 bits per heavy atom. The minimum Gasteiger partial charge on any atom is -0.565 e. The predicted molar refractivity (Wildman–Crippen MR) is 8.02 cm³/mol. The van der Waals surface area contributed by atoms with Crippen LogP contribution in [0.15, 0.2) is 0 Å². The van der Waals surface area contributed by atoms with Crippen molar-refractivity contribution < 1.29 is 70.8 Å². The van der Waals surface area contributed by atoms with Crippen LogP contribution in [0.5, 0.6) is 0 Å². The largest absolute Gasteiger partial charge is 1.00 e. The molecule has 0 aromatic rings. The average Bonchev–Trinajstić information content (AvgIpc) is 0.811. The van der Waals surface area contributed by atoms with Crippen LogP contribution in [-0.4, -0.2) is 11.3 Å². The quantitative estimate of drug-likeness (QED) is 0.381. The zero-order valence-corrected chi connectivity index (χ0v) is 7.72. The third-order valence-corrected chi connectivity index (χ3v) is 0. The Hall–Kier alpha value is 1.15. The number of carbonyl (C=O) groups is 1. The van der Waals surface area contributed by atoms with Crippen LogP contribution in [-0.2, 0) is 26.2 Å². The molecule has 0 amide bonds. The third kappa shape index (κ3) is 66.8. The maximum absolute atomic E-state index is 8.44. The van der Waals surface area contributed by atoms with E-state index in [9.17, 15) is 0 Å². The van der Waals surface area contributed by atoms with Crippen molar-refractivity contribution in [3.8, 4) is 0 Å². The fourth-order valence-corrected chi connectivity index (χ4v) is 0. The summed E-state index contributed by atoms with van der Waals surface area (Å²) < 4.78 is 0. The second-order valence-corrected chi connectivity index (χ2v) is 0.266. The summed E-state index contributed by atoms with van der Waals surface area (Å²) in [6, 6.07) is 0. The Bertz CT molecular complexity index is 33.8. The standard InChI is InChI=1S/CH2O3.Na.Zr/c2-1(3)4;;/h(H2,2,3,4);;/q;+1;/p-1. The molecule has 0 aromatic carbocycles. The summed E-state index contributed by atoms with van der Waals surface area (Å²) in [5.41, 5.74) is 0. The predicted octanol–water partition coefficient (Wildman–Crippen LogP) is -4.11. The van der Waals surface area contributed by atoms with E-state index in [0.717, 1.165) is 0 Å². The van der Waals surface area contributed by atoms with Crippen molar-refractivity contribution in [2.24, 2.45) is 0 Å². The van der Waals surface area contributed by atoms with Gasteiger partial charge in [-0.15, -0.1) is 0 Å². The molecule has 0 rings (SSSR count). The summed E-state index contributed by atoms with van der Waals surface area (Å²) in [6.45, 7) is 0. The molecule has 0 aliphatic rings. The van der Waals surface area contributed by atoms with Gasteiger partial charge in [-0.2, -0.15) is 0 Å².